The molecule has 1 unspecified atom stereocenters. The third-order valence-corrected chi connectivity index (χ3v) is 6.08. The largest absolute Gasteiger partial charge is 0.492 e. The maximum atomic E-state index is 13.0. The van der Waals surface area contributed by atoms with Crippen molar-refractivity contribution in [3.8, 4) is 5.75 Å². The van der Waals surface area contributed by atoms with E-state index >= 15 is 0 Å². The van der Waals surface area contributed by atoms with Crippen LogP contribution < -0.4 is 10.1 Å². The van der Waals surface area contributed by atoms with E-state index in [-0.39, 0.29) is 29.7 Å². The molecule has 4 amide bonds. The number of para-hydroxylation sites is 1. The summed E-state index contributed by atoms with van der Waals surface area (Å²) in [7, 11) is 0. The van der Waals surface area contributed by atoms with Crippen LogP contribution >= 0.6 is 0 Å². The van der Waals surface area contributed by atoms with E-state index in [1.165, 1.54) is 0 Å². The smallest absolute Gasteiger partial charge is 0.325 e. The molecule has 4 rings (SSSR count). The minimum atomic E-state index is -0.812. The van der Waals surface area contributed by atoms with Gasteiger partial charge in [-0.05, 0) is 36.8 Å². The summed E-state index contributed by atoms with van der Waals surface area (Å²) in [5, 5.41) is 2.48. The van der Waals surface area contributed by atoms with E-state index in [0.29, 0.717) is 45.5 Å². The van der Waals surface area contributed by atoms with Crippen molar-refractivity contribution in [3.63, 3.8) is 0 Å². The summed E-state index contributed by atoms with van der Waals surface area (Å²) < 4.78 is 5.77. The quantitative estimate of drug-likeness (QED) is 0.805. The molecule has 2 saturated heterocycles. The molecule has 1 aromatic carbocycles. The van der Waals surface area contributed by atoms with Crippen LogP contribution in [0.3, 0.4) is 0 Å². The van der Waals surface area contributed by atoms with Crippen LogP contribution in [0.5, 0.6) is 5.75 Å². The van der Waals surface area contributed by atoms with Crippen molar-refractivity contribution >= 4 is 17.8 Å². The molecule has 2 fully saturated rings. The minimum absolute atomic E-state index is 0.0736. The lowest BCUT2D eigenvalue weighted by molar-refractivity contribution is -0.142. The number of benzene rings is 1. The van der Waals surface area contributed by atoms with Crippen LogP contribution in [-0.2, 0) is 16.0 Å². The molecule has 7 heteroatoms. The summed E-state index contributed by atoms with van der Waals surface area (Å²) in [6.07, 6.45) is 1.63. The third-order valence-electron chi connectivity index (χ3n) is 6.08. The van der Waals surface area contributed by atoms with Gasteiger partial charge in [0.05, 0.1) is 5.92 Å². The Morgan fingerprint density at radius 2 is 1.96 bits per heavy atom. The Morgan fingerprint density at radius 1 is 1.25 bits per heavy atom. The standard InChI is InChI=1S/C21H27N3O4/c1-14(2)12-24-20(27)22-19(26)21(24)7-9-23(10-8-21)18(25)16-11-15-5-3-4-6-17(15)28-13-16/h3-6,14,16H,7-13H2,1-2H3,(H,22,26,27). The molecule has 7 nitrogen and oxygen atoms in total. The van der Waals surface area contributed by atoms with Crippen LogP contribution in [0.2, 0.25) is 0 Å². The predicted molar refractivity (Wildman–Crippen MR) is 103 cm³/mol. The molecule has 1 N–H and O–H groups in total. The van der Waals surface area contributed by atoms with Crippen LogP contribution in [0.15, 0.2) is 24.3 Å². The highest BCUT2D eigenvalue weighted by molar-refractivity contribution is 6.07. The molecule has 3 heterocycles. The van der Waals surface area contributed by atoms with E-state index in [9.17, 15) is 14.4 Å². The van der Waals surface area contributed by atoms with E-state index in [0.717, 1.165) is 11.3 Å². The molecule has 1 atom stereocenters. The maximum absolute atomic E-state index is 13.0. The second-order valence-corrected chi connectivity index (χ2v) is 8.44. The molecule has 0 saturated carbocycles. The van der Waals surface area contributed by atoms with Gasteiger partial charge in [-0.15, -0.1) is 0 Å². The first-order chi connectivity index (χ1) is 13.4. The average molecular weight is 385 g/mol. The van der Waals surface area contributed by atoms with Crippen LogP contribution in [0.25, 0.3) is 0 Å². The van der Waals surface area contributed by atoms with Gasteiger partial charge in [0.15, 0.2) is 0 Å². The highest BCUT2D eigenvalue weighted by atomic mass is 16.5. The second-order valence-electron chi connectivity index (χ2n) is 8.44. The third kappa shape index (κ3) is 3.12. The monoisotopic (exact) mass is 385 g/mol. The Morgan fingerprint density at radius 3 is 2.68 bits per heavy atom. The number of likely N-dealkylation sites (tertiary alicyclic amines) is 1. The fourth-order valence-electron chi connectivity index (χ4n) is 4.56. The maximum Gasteiger partial charge on any atom is 0.325 e. The van der Waals surface area contributed by atoms with Crippen LogP contribution in [0, 0.1) is 11.8 Å². The minimum Gasteiger partial charge on any atom is -0.492 e. The molecular weight excluding hydrogens is 358 g/mol. The van der Waals surface area contributed by atoms with Crippen molar-refractivity contribution in [2.45, 2.75) is 38.6 Å². The van der Waals surface area contributed by atoms with Gasteiger partial charge < -0.3 is 14.5 Å². The first-order valence-electron chi connectivity index (χ1n) is 10.0. The Hall–Kier alpha value is -2.57. The summed E-state index contributed by atoms with van der Waals surface area (Å²) in [5.74, 6) is 0.779. The number of ether oxygens (including phenoxy) is 1. The van der Waals surface area contributed by atoms with Gasteiger partial charge in [0, 0.05) is 19.6 Å². The van der Waals surface area contributed by atoms with Gasteiger partial charge in [0.1, 0.15) is 17.9 Å². The lowest BCUT2D eigenvalue weighted by Crippen LogP contribution is -2.58. The first-order valence-corrected chi connectivity index (χ1v) is 10.0. The molecule has 1 aromatic rings. The number of hydrogen-bond donors (Lipinski definition) is 1. The molecule has 28 heavy (non-hydrogen) atoms. The molecule has 3 aliphatic rings. The Bertz CT molecular complexity index is 799. The van der Waals surface area contributed by atoms with Crippen LogP contribution in [-0.4, -0.2) is 59.4 Å². The second kappa shape index (κ2) is 7.11. The number of hydrogen-bond acceptors (Lipinski definition) is 4. The van der Waals surface area contributed by atoms with Gasteiger partial charge >= 0.3 is 6.03 Å². The number of piperidine rings is 1. The van der Waals surface area contributed by atoms with Gasteiger partial charge in [0.25, 0.3) is 5.91 Å². The molecule has 0 radical (unpaired) electrons. The van der Waals surface area contributed by atoms with Crippen molar-refractivity contribution in [2.75, 3.05) is 26.2 Å². The summed E-state index contributed by atoms with van der Waals surface area (Å²) in [6.45, 7) is 5.94. The number of carbonyl (C=O) groups is 3. The highest BCUT2D eigenvalue weighted by Crippen LogP contribution is 2.35. The summed E-state index contributed by atoms with van der Waals surface area (Å²) in [6, 6.07) is 7.51. The molecule has 1 spiro atoms. The van der Waals surface area contributed by atoms with Crippen molar-refractivity contribution in [1.29, 1.82) is 0 Å². The fraction of sp³-hybridized carbons (Fsp3) is 0.571. The summed E-state index contributed by atoms with van der Waals surface area (Å²) in [4.78, 5) is 41.4. The van der Waals surface area contributed by atoms with Crippen LogP contribution in [0.1, 0.15) is 32.3 Å². The predicted octanol–water partition coefficient (Wildman–Crippen LogP) is 1.81. The molecule has 0 aliphatic carbocycles. The van der Waals surface area contributed by atoms with E-state index in [1.54, 1.807) is 4.90 Å². The zero-order valence-corrected chi connectivity index (χ0v) is 16.4. The van der Waals surface area contributed by atoms with Crippen molar-refractivity contribution in [3.05, 3.63) is 29.8 Å². The van der Waals surface area contributed by atoms with Crippen molar-refractivity contribution < 1.29 is 19.1 Å². The lowest BCUT2D eigenvalue weighted by atomic mass is 9.84. The highest BCUT2D eigenvalue weighted by Gasteiger charge is 2.54. The zero-order chi connectivity index (χ0) is 19.9. The van der Waals surface area contributed by atoms with E-state index in [2.05, 4.69) is 5.32 Å². The topological polar surface area (TPSA) is 79.0 Å². The van der Waals surface area contributed by atoms with E-state index in [1.807, 2.05) is 43.0 Å². The van der Waals surface area contributed by atoms with E-state index < -0.39 is 5.54 Å². The van der Waals surface area contributed by atoms with E-state index in [4.69, 9.17) is 4.74 Å². The van der Waals surface area contributed by atoms with Crippen molar-refractivity contribution in [1.82, 2.24) is 15.1 Å². The number of nitrogens with zero attached hydrogens (tertiary/aromatic N) is 2. The number of amides is 4. The molecule has 0 aromatic heterocycles. The van der Waals surface area contributed by atoms with Gasteiger partial charge in [-0.3, -0.25) is 14.9 Å². The number of rotatable bonds is 3. The van der Waals surface area contributed by atoms with Gasteiger partial charge in [-0.1, -0.05) is 32.0 Å². The number of nitrogens with one attached hydrogen (secondary N) is 1. The van der Waals surface area contributed by atoms with Crippen molar-refractivity contribution in [2.24, 2.45) is 11.8 Å². The fourth-order valence-corrected chi connectivity index (χ4v) is 4.56. The summed E-state index contributed by atoms with van der Waals surface area (Å²) >= 11 is 0. The molecule has 0 bridgehead atoms. The Balaban J connectivity index is 1.43. The SMILES string of the molecule is CC(C)CN1C(=O)NC(=O)C12CCN(C(=O)C1COc3ccccc3C1)CC2. The number of carbonyl (C=O) groups excluding carboxylic acids is 3. The molecule has 3 aliphatic heterocycles. The Labute approximate surface area is 165 Å². The molecular formula is C21H27N3O4. The number of fused-ring (bicyclic) bond motifs is 1. The van der Waals surface area contributed by atoms with Gasteiger partial charge in [-0.25, -0.2) is 4.79 Å². The lowest BCUT2D eigenvalue weighted by Gasteiger charge is -2.43. The summed E-state index contributed by atoms with van der Waals surface area (Å²) in [5.41, 5.74) is 0.248. The average Bonchev–Trinajstić information content (AvgIpc) is 2.91. The van der Waals surface area contributed by atoms with Gasteiger partial charge in [-0.2, -0.15) is 0 Å². The normalized spacial score (nSPS) is 23.6. The van der Waals surface area contributed by atoms with Crippen LogP contribution in [0.4, 0.5) is 4.79 Å². The Kier molecular flexibility index (Phi) is 4.77. The zero-order valence-electron chi connectivity index (χ0n) is 16.4. The first kappa shape index (κ1) is 18.8. The number of urea groups is 1. The van der Waals surface area contributed by atoms with Gasteiger partial charge in [0.2, 0.25) is 5.91 Å². The number of imide groups is 1. The molecule has 150 valence electrons.